The van der Waals surface area contributed by atoms with E-state index in [2.05, 4.69) is 23.5 Å². The van der Waals surface area contributed by atoms with Crippen molar-refractivity contribution in [2.45, 2.75) is 40.2 Å². The van der Waals surface area contributed by atoms with Gasteiger partial charge in [0.2, 0.25) is 0 Å². The van der Waals surface area contributed by atoms with Gasteiger partial charge in [-0.15, -0.1) is 0 Å². The minimum atomic E-state index is -0.294. The number of aryl methyl sites for hydroxylation is 3. The zero-order chi connectivity index (χ0) is 20.4. The molecule has 0 aliphatic carbocycles. The molecule has 0 aromatic heterocycles. The molecule has 2 aromatic rings. The quantitative estimate of drug-likeness (QED) is 0.834. The van der Waals surface area contributed by atoms with Gasteiger partial charge >= 0.3 is 0 Å². The zero-order valence-electron chi connectivity index (χ0n) is 17.4. The van der Waals surface area contributed by atoms with Crippen LogP contribution in [0.3, 0.4) is 0 Å². The molecule has 0 radical (unpaired) electrons. The van der Waals surface area contributed by atoms with Crippen molar-refractivity contribution in [1.82, 2.24) is 0 Å². The second kappa shape index (κ2) is 8.15. The molecule has 3 rings (SSSR count). The second-order valence-electron chi connectivity index (χ2n) is 7.94. The molecule has 2 atom stereocenters. The number of para-hydroxylation sites is 1. The summed E-state index contributed by atoms with van der Waals surface area (Å²) in [5.74, 6) is -0.00743. The number of nitrogens with zero attached hydrogens (tertiary/aromatic N) is 1. The van der Waals surface area contributed by atoms with Crippen molar-refractivity contribution < 1.29 is 14.5 Å². The Morgan fingerprint density at radius 2 is 1.79 bits per heavy atom. The van der Waals surface area contributed by atoms with E-state index in [1.807, 2.05) is 57.8 Å². The molecule has 2 N–H and O–H groups in total. The summed E-state index contributed by atoms with van der Waals surface area (Å²) in [7, 11) is 1.90. The summed E-state index contributed by atoms with van der Waals surface area (Å²) in [5.41, 5.74) is 6.38. The number of hydrogen-bond donors (Lipinski definition) is 2. The highest BCUT2D eigenvalue weighted by Gasteiger charge is 2.32. The van der Waals surface area contributed by atoms with Gasteiger partial charge in [-0.3, -0.25) is 9.59 Å². The minimum absolute atomic E-state index is 0.0675. The molecule has 1 aliphatic rings. The Morgan fingerprint density at radius 1 is 1.14 bits per heavy atom. The van der Waals surface area contributed by atoms with Crippen molar-refractivity contribution in [3.05, 3.63) is 58.7 Å². The van der Waals surface area contributed by atoms with Crippen LogP contribution in [0.4, 0.5) is 11.4 Å². The lowest BCUT2D eigenvalue weighted by atomic mass is 10.1. The fourth-order valence-electron chi connectivity index (χ4n) is 3.98. The molecule has 0 saturated heterocycles. The predicted molar refractivity (Wildman–Crippen MR) is 113 cm³/mol. The molecule has 0 saturated carbocycles. The lowest BCUT2D eigenvalue weighted by Crippen LogP contribution is -3.15. The number of carbonyl (C=O) groups is 2. The second-order valence-corrected chi connectivity index (χ2v) is 7.94. The zero-order valence-corrected chi connectivity index (χ0v) is 17.4. The van der Waals surface area contributed by atoms with Gasteiger partial charge in [0.05, 0.1) is 7.05 Å². The first kappa shape index (κ1) is 20.1. The van der Waals surface area contributed by atoms with E-state index in [1.165, 1.54) is 11.1 Å². The number of fused-ring (bicyclic) bond motifs is 1. The first-order valence-corrected chi connectivity index (χ1v) is 9.87. The van der Waals surface area contributed by atoms with Crippen LogP contribution in [0.25, 0.3) is 0 Å². The average molecular weight is 381 g/mol. The van der Waals surface area contributed by atoms with E-state index in [0.29, 0.717) is 6.54 Å². The Morgan fingerprint density at radius 3 is 2.46 bits per heavy atom. The van der Waals surface area contributed by atoms with E-state index in [4.69, 9.17) is 0 Å². The highest BCUT2D eigenvalue weighted by Crippen LogP contribution is 2.27. The van der Waals surface area contributed by atoms with Crippen molar-refractivity contribution >= 4 is 23.2 Å². The summed E-state index contributed by atoms with van der Waals surface area (Å²) >= 11 is 0. The van der Waals surface area contributed by atoms with Crippen LogP contribution in [0.15, 0.2) is 36.4 Å². The number of benzene rings is 2. The highest BCUT2D eigenvalue weighted by molar-refractivity contribution is 5.98. The SMILES string of the molecule is Cc1cc(C)c(NC(=O)C[NH+](C)[C@H](C)C(=O)N2CCc3ccccc32)c(C)c1. The fraction of sp³-hybridized carbons (Fsp3) is 0.391. The molecule has 5 heteroatoms. The van der Waals surface area contributed by atoms with Crippen LogP contribution in [0.2, 0.25) is 0 Å². The normalized spacial score (nSPS) is 15.1. The number of nitrogens with one attached hydrogen (secondary N) is 2. The lowest BCUT2D eigenvalue weighted by molar-refractivity contribution is -0.885. The largest absolute Gasteiger partial charge is 0.321 e. The van der Waals surface area contributed by atoms with Gasteiger partial charge in [-0.1, -0.05) is 35.9 Å². The molecule has 5 nitrogen and oxygen atoms in total. The van der Waals surface area contributed by atoms with Crippen molar-refractivity contribution in [3.8, 4) is 0 Å². The average Bonchev–Trinajstić information content (AvgIpc) is 3.07. The fourth-order valence-corrected chi connectivity index (χ4v) is 3.98. The third-order valence-electron chi connectivity index (χ3n) is 5.64. The molecule has 2 amide bonds. The maximum absolute atomic E-state index is 13.0. The number of carbonyl (C=O) groups excluding carboxylic acids is 2. The van der Waals surface area contributed by atoms with Crippen molar-refractivity contribution in [1.29, 1.82) is 0 Å². The molecule has 28 heavy (non-hydrogen) atoms. The summed E-state index contributed by atoms with van der Waals surface area (Å²) < 4.78 is 0. The highest BCUT2D eigenvalue weighted by atomic mass is 16.2. The smallest absolute Gasteiger partial charge is 0.284 e. The maximum Gasteiger partial charge on any atom is 0.284 e. The van der Waals surface area contributed by atoms with Gasteiger partial charge in [0, 0.05) is 17.9 Å². The van der Waals surface area contributed by atoms with Gasteiger partial charge in [0.15, 0.2) is 12.6 Å². The molecule has 0 fully saturated rings. The first-order valence-electron chi connectivity index (χ1n) is 9.87. The number of quaternary nitrogens is 1. The van der Waals surface area contributed by atoms with Crippen LogP contribution in [0.1, 0.15) is 29.2 Å². The Balaban J connectivity index is 1.64. The van der Waals surface area contributed by atoms with Crippen LogP contribution in [-0.4, -0.2) is 38.0 Å². The van der Waals surface area contributed by atoms with E-state index in [0.717, 1.165) is 33.8 Å². The first-order chi connectivity index (χ1) is 13.3. The lowest BCUT2D eigenvalue weighted by Gasteiger charge is -2.26. The molecular formula is C23H30N3O2+. The minimum Gasteiger partial charge on any atom is -0.321 e. The third-order valence-corrected chi connectivity index (χ3v) is 5.64. The number of hydrogen-bond acceptors (Lipinski definition) is 2. The molecule has 2 aromatic carbocycles. The van der Waals surface area contributed by atoms with E-state index in [9.17, 15) is 9.59 Å². The summed E-state index contributed by atoms with van der Waals surface area (Å²) in [6.07, 6.45) is 0.889. The predicted octanol–water partition coefficient (Wildman–Crippen LogP) is 2.04. The molecule has 148 valence electrons. The standard InChI is InChI=1S/C23H29N3O2/c1-15-12-16(2)22(17(3)13-15)24-21(27)14-25(5)18(4)23(28)26-11-10-19-8-6-7-9-20(19)26/h6-9,12-13,18H,10-11,14H2,1-5H3,(H,24,27)/p+1/t18-/m1/s1. The Labute approximate surface area is 167 Å². The summed E-state index contributed by atoms with van der Waals surface area (Å²) in [4.78, 5) is 28.4. The van der Waals surface area contributed by atoms with Crippen molar-refractivity contribution in [2.75, 3.05) is 30.4 Å². The van der Waals surface area contributed by atoms with Gasteiger partial charge in [-0.05, 0) is 56.9 Å². The third kappa shape index (κ3) is 4.09. The van der Waals surface area contributed by atoms with Crippen molar-refractivity contribution in [3.63, 3.8) is 0 Å². The summed E-state index contributed by atoms with van der Waals surface area (Å²) in [6.45, 7) is 8.91. The van der Waals surface area contributed by atoms with Crippen LogP contribution in [0, 0.1) is 20.8 Å². The van der Waals surface area contributed by atoms with E-state index < -0.39 is 0 Å². The molecule has 1 heterocycles. The van der Waals surface area contributed by atoms with Gasteiger partial charge in [0.1, 0.15) is 0 Å². The Kier molecular flexibility index (Phi) is 5.84. The molecular weight excluding hydrogens is 350 g/mol. The number of likely N-dealkylation sites (N-methyl/N-ethyl adjacent to an activating group) is 1. The topological polar surface area (TPSA) is 53.9 Å². The number of rotatable bonds is 5. The van der Waals surface area contributed by atoms with Crippen LogP contribution >= 0.6 is 0 Å². The molecule has 1 unspecified atom stereocenters. The Hall–Kier alpha value is -2.66. The van der Waals surface area contributed by atoms with E-state index >= 15 is 0 Å². The van der Waals surface area contributed by atoms with Crippen LogP contribution in [-0.2, 0) is 16.0 Å². The van der Waals surface area contributed by atoms with Gasteiger partial charge in [-0.2, -0.15) is 0 Å². The maximum atomic E-state index is 13.0. The number of anilines is 2. The van der Waals surface area contributed by atoms with Crippen LogP contribution in [0.5, 0.6) is 0 Å². The van der Waals surface area contributed by atoms with Gasteiger partial charge in [-0.25, -0.2) is 0 Å². The number of amides is 2. The molecule has 0 bridgehead atoms. The van der Waals surface area contributed by atoms with Crippen LogP contribution < -0.4 is 15.1 Å². The monoisotopic (exact) mass is 380 g/mol. The summed E-state index contributed by atoms with van der Waals surface area (Å²) in [5, 5.41) is 3.03. The van der Waals surface area contributed by atoms with E-state index in [-0.39, 0.29) is 24.4 Å². The van der Waals surface area contributed by atoms with E-state index in [1.54, 1.807) is 0 Å². The Bertz CT molecular complexity index is 883. The van der Waals surface area contributed by atoms with Gasteiger partial charge < -0.3 is 15.1 Å². The molecule has 0 spiro atoms. The van der Waals surface area contributed by atoms with Gasteiger partial charge in [0.25, 0.3) is 11.8 Å². The molecule has 1 aliphatic heterocycles. The summed E-state index contributed by atoms with van der Waals surface area (Å²) in [6, 6.07) is 11.9. The van der Waals surface area contributed by atoms with Crippen molar-refractivity contribution in [2.24, 2.45) is 0 Å².